The number of pyridine rings is 1. The lowest BCUT2D eigenvalue weighted by atomic mass is 10.0. The van der Waals surface area contributed by atoms with Crippen LogP contribution in [0.15, 0.2) is 41.3 Å². The van der Waals surface area contributed by atoms with Crippen LogP contribution in [-0.2, 0) is 16.0 Å². The fourth-order valence-corrected chi connectivity index (χ4v) is 3.90. The van der Waals surface area contributed by atoms with Crippen molar-refractivity contribution in [2.24, 2.45) is 0 Å². The second-order valence-corrected chi connectivity index (χ2v) is 8.98. The monoisotopic (exact) mass is 456 g/mol. The van der Waals surface area contributed by atoms with E-state index in [0.717, 1.165) is 0 Å². The Kier molecular flexibility index (Phi) is 5.37. The van der Waals surface area contributed by atoms with Crippen LogP contribution in [0, 0.1) is 0 Å². The maximum atomic E-state index is 12.7. The summed E-state index contributed by atoms with van der Waals surface area (Å²) in [6, 6.07) is 7.35. The largest absolute Gasteiger partial charge is 0.480 e. The summed E-state index contributed by atoms with van der Waals surface area (Å²) in [7, 11) is 0. The number of hydrogen-bond donors (Lipinski definition) is 1. The number of carboxylic acids is 1. The Labute approximate surface area is 188 Å². The molecule has 0 aliphatic carbocycles. The molecule has 0 saturated carbocycles. The number of carboxylic acid groups (broad SMARTS) is 1. The van der Waals surface area contributed by atoms with Crippen LogP contribution in [0.25, 0.3) is 16.8 Å². The average Bonchev–Trinajstić information content (AvgIpc) is 3.34. The molecule has 1 atom stereocenters. The molecule has 10 heteroatoms. The minimum absolute atomic E-state index is 0.0409. The Hall–Kier alpha value is -3.46. The number of carbonyl (C=O) groups is 2. The number of aromatic nitrogens is 4. The van der Waals surface area contributed by atoms with E-state index in [4.69, 9.17) is 16.3 Å². The Balaban J connectivity index is 1.77. The number of nitrogens with zero attached hydrogens (tertiary/aromatic N) is 4. The van der Waals surface area contributed by atoms with Crippen LogP contribution in [-0.4, -0.2) is 42.2 Å². The van der Waals surface area contributed by atoms with Crippen molar-refractivity contribution in [2.45, 2.75) is 45.3 Å². The summed E-state index contributed by atoms with van der Waals surface area (Å²) in [5.74, 6) is -1.63. The topological polar surface area (TPSA) is 116 Å². The molecule has 0 unspecified atom stereocenters. The van der Waals surface area contributed by atoms with E-state index in [9.17, 15) is 19.5 Å². The third-order valence-corrected chi connectivity index (χ3v) is 5.27. The number of aryl methyl sites for hydroxylation is 1. The molecule has 0 saturated heterocycles. The number of fused-ring (bicyclic) bond motifs is 1. The van der Waals surface area contributed by atoms with Gasteiger partial charge in [-0.1, -0.05) is 16.8 Å². The van der Waals surface area contributed by atoms with E-state index in [0.29, 0.717) is 40.4 Å². The van der Waals surface area contributed by atoms with Gasteiger partial charge in [0.1, 0.15) is 11.6 Å². The molecule has 166 valence electrons. The van der Waals surface area contributed by atoms with Gasteiger partial charge in [0.2, 0.25) is 0 Å². The Morgan fingerprint density at radius 2 is 1.97 bits per heavy atom. The third kappa shape index (κ3) is 4.16. The molecule has 4 rings (SSSR count). The second kappa shape index (κ2) is 7.90. The van der Waals surface area contributed by atoms with Crippen molar-refractivity contribution in [3.63, 3.8) is 0 Å². The summed E-state index contributed by atoms with van der Waals surface area (Å²) in [6.45, 7) is 5.27. The smallest absolute Gasteiger partial charge is 0.361 e. The Morgan fingerprint density at radius 1 is 1.22 bits per heavy atom. The lowest BCUT2D eigenvalue weighted by Crippen LogP contribution is -2.27. The maximum Gasteiger partial charge on any atom is 0.361 e. The summed E-state index contributed by atoms with van der Waals surface area (Å²) in [6.07, 6.45) is 2.28. The number of ether oxygens (including phenoxy) is 1. The van der Waals surface area contributed by atoms with Gasteiger partial charge in [-0.15, -0.1) is 5.10 Å². The van der Waals surface area contributed by atoms with Crippen LogP contribution in [0.5, 0.6) is 0 Å². The number of halogens is 1. The zero-order chi connectivity index (χ0) is 23.2. The first-order valence-electron chi connectivity index (χ1n) is 9.98. The fraction of sp³-hybridized carbons (Fsp3) is 0.318. The number of aliphatic carboxylic acids is 1. The van der Waals surface area contributed by atoms with Crippen LogP contribution in [0.4, 0.5) is 0 Å². The maximum absolute atomic E-state index is 12.7. The molecule has 3 heterocycles. The standard InChI is InChI=1S/C22H21ClN4O5/c1-22(2,3)32-21(31)16-11-26(25-24-16)17-6-4-13(23)10-15(17)12-8-14-5-7-18(20(29)30)27(14)19(28)9-12/h4,6,8-11,18H,5,7H2,1-3H3,(H,29,30)/t18-/m0/s1. The predicted molar refractivity (Wildman–Crippen MR) is 116 cm³/mol. The molecule has 0 radical (unpaired) electrons. The number of esters is 1. The van der Waals surface area contributed by atoms with E-state index in [2.05, 4.69) is 10.3 Å². The van der Waals surface area contributed by atoms with Crippen LogP contribution < -0.4 is 5.56 Å². The van der Waals surface area contributed by atoms with Gasteiger partial charge in [-0.2, -0.15) is 0 Å². The summed E-state index contributed by atoms with van der Waals surface area (Å²) in [5.41, 5.74) is 1.32. The lowest BCUT2D eigenvalue weighted by molar-refractivity contribution is -0.140. The highest BCUT2D eigenvalue weighted by atomic mass is 35.5. The molecule has 3 aromatic rings. The van der Waals surface area contributed by atoms with Crippen LogP contribution >= 0.6 is 11.6 Å². The first-order valence-corrected chi connectivity index (χ1v) is 10.4. The Morgan fingerprint density at radius 3 is 2.66 bits per heavy atom. The molecule has 1 aliphatic heterocycles. The molecule has 1 N–H and O–H groups in total. The Bertz CT molecular complexity index is 1290. The van der Waals surface area contributed by atoms with Gasteiger partial charge in [0.25, 0.3) is 5.56 Å². The molecule has 32 heavy (non-hydrogen) atoms. The molecule has 2 aromatic heterocycles. The van der Waals surface area contributed by atoms with Crippen molar-refractivity contribution in [3.05, 3.63) is 63.3 Å². The average molecular weight is 457 g/mol. The molecule has 0 fully saturated rings. The molecule has 1 aromatic carbocycles. The molecule has 0 bridgehead atoms. The van der Waals surface area contributed by atoms with Crippen molar-refractivity contribution in [1.82, 2.24) is 19.6 Å². The minimum atomic E-state index is -1.03. The quantitative estimate of drug-likeness (QED) is 0.599. The predicted octanol–water partition coefficient (Wildman–Crippen LogP) is 3.28. The van der Waals surface area contributed by atoms with E-state index in [1.807, 2.05) is 0 Å². The number of hydrogen-bond acceptors (Lipinski definition) is 6. The number of benzene rings is 1. The van der Waals surface area contributed by atoms with Gasteiger partial charge in [-0.3, -0.25) is 9.36 Å². The molecule has 1 aliphatic rings. The van der Waals surface area contributed by atoms with E-state index < -0.39 is 29.1 Å². The normalized spacial score (nSPS) is 15.4. The van der Waals surface area contributed by atoms with Crippen molar-refractivity contribution in [1.29, 1.82) is 0 Å². The summed E-state index contributed by atoms with van der Waals surface area (Å²) in [4.78, 5) is 36.5. The van der Waals surface area contributed by atoms with Crippen LogP contribution in [0.2, 0.25) is 5.02 Å². The molecule has 0 spiro atoms. The van der Waals surface area contributed by atoms with E-state index in [1.54, 1.807) is 45.0 Å². The lowest BCUT2D eigenvalue weighted by Gasteiger charge is -2.18. The zero-order valence-corrected chi connectivity index (χ0v) is 18.5. The van der Waals surface area contributed by atoms with Crippen LogP contribution in [0.3, 0.4) is 0 Å². The molecule has 9 nitrogen and oxygen atoms in total. The van der Waals surface area contributed by atoms with Gasteiger partial charge in [-0.25, -0.2) is 14.3 Å². The highest BCUT2D eigenvalue weighted by Crippen LogP contribution is 2.32. The second-order valence-electron chi connectivity index (χ2n) is 8.55. The van der Waals surface area contributed by atoms with Gasteiger partial charge >= 0.3 is 11.9 Å². The fourth-order valence-electron chi connectivity index (χ4n) is 3.73. The highest BCUT2D eigenvalue weighted by molar-refractivity contribution is 6.31. The highest BCUT2D eigenvalue weighted by Gasteiger charge is 2.29. The number of carbonyl (C=O) groups excluding carboxylic acids is 1. The zero-order valence-electron chi connectivity index (χ0n) is 17.7. The van der Waals surface area contributed by atoms with Gasteiger partial charge in [-0.05, 0) is 63.4 Å². The SMILES string of the molecule is CC(C)(C)OC(=O)c1cn(-c2ccc(Cl)cc2-c2cc3n(c(=O)c2)[C@H](C(=O)O)CC3)nn1. The van der Waals surface area contributed by atoms with Crippen molar-refractivity contribution >= 4 is 23.5 Å². The number of rotatable bonds is 4. The summed E-state index contributed by atoms with van der Waals surface area (Å²) < 4.78 is 8.06. The molecular formula is C22H21ClN4O5. The van der Waals surface area contributed by atoms with Crippen molar-refractivity contribution in [2.75, 3.05) is 0 Å². The van der Waals surface area contributed by atoms with Gasteiger partial charge < -0.3 is 9.84 Å². The van der Waals surface area contributed by atoms with Gasteiger partial charge in [0, 0.05) is 22.3 Å². The van der Waals surface area contributed by atoms with E-state index >= 15 is 0 Å². The summed E-state index contributed by atoms with van der Waals surface area (Å²) in [5, 5.41) is 17.8. The van der Waals surface area contributed by atoms with E-state index in [-0.39, 0.29) is 5.69 Å². The van der Waals surface area contributed by atoms with Gasteiger partial charge in [0.05, 0.1) is 11.9 Å². The molecular weight excluding hydrogens is 436 g/mol. The third-order valence-electron chi connectivity index (χ3n) is 5.04. The van der Waals surface area contributed by atoms with E-state index in [1.165, 1.54) is 21.5 Å². The summed E-state index contributed by atoms with van der Waals surface area (Å²) >= 11 is 6.22. The van der Waals surface area contributed by atoms with Crippen molar-refractivity contribution in [3.8, 4) is 16.8 Å². The minimum Gasteiger partial charge on any atom is -0.480 e. The molecule has 0 amide bonds. The first-order chi connectivity index (χ1) is 15.0. The van der Waals surface area contributed by atoms with Gasteiger partial charge in [0.15, 0.2) is 5.69 Å². The van der Waals surface area contributed by atoms with Crippen LogP contribution in [0.1, 0.15) is 49.4 Å². The first kappa shape index (κ1) is 21.8. The van der Waals surface area contributed by atoms with Crippen molar-refractivity contribution < 1.29 is 19.4 Å².